The van der Waals surface area contributed by atoms with Crippen LogP contribution in [0.5, 0.6) is 11.5 Å². The molecule has 3 nitrogen and oxygen atoms in total. The highest BCUT2D eigenvalue weighted by Crippen LogP contribution is 2.31. The normalized spacial score (nSPS) is 11.8. The maximum Gasteiger partial charge on any atom is 0.153 e. The molecule has 24 heavy (non-hydrogen) atoms. The molecule has 0 saturated carbocycles. The molecule has 0 spiro atoms. The van der Waals surface area contributed by atoms with Gasteiger partial charge in [-0.3, -0.25) is 4.79 Å². The summed E-state index contributed by atoms with van der Waals surface area (Å²) in [6, 6.07) is 11.1. The summed E-state index contributed by atoms with van der Waals surface area (Å²) in [4.78, 5) is 11.1. The van der Waals surface area contributed by atoms with Crippen molar-refractivity contribution in [1.82, 2.24) is 0 Å². The quantitative estimate of drug-likeness (QED) is 0.438. The lowest BCUT2D eigenvalue weighted by atomic mass is 9.99. The Balaban J connectivity index is 1.88. The lowest BCUT2D eigenvalue weighted by Crippen LogP contribution is -2.10. The molecular formula is C19H20Cl2O3. The maximum atomic E-state index is 11.1. The third-order valence-electron chi connectivity index (χ3n) is 3.82. The minimum Gasteiger partial charge on any atom is -0.490 e. The Bertz CT molecular complexity index is 684. The van der Waals surface area contributed by atoms with Gasteiger partial charge in [0.25, 0.3) is 0 Å². The van der Waals surface area contributed by atoms with Crippen molar-refractivity contribution < 1.29 is 14.3 Å². The number of benzene rings is 2. The molecule has 0 saturated heterocycles. The van der Waals surface area contributed by atoms with Crippen LogP contribution >= 0.6 is 23.2 Å². The number of carbonyl (C=O) groups is 1. The van der Waals surface area contributed by atoms with Gasteiger partial charge in [0.15, 0.2) is 6.29 Å². The summed E-state index contributed by atoms with van der Waals surface area (Å²) >= 11 is 11.9. The summed E-state index contributed by atoms with van der Waals surface area (Å²) < 4.78 is 11.2. The fourth-order valence-electron chi connectivity index (χ4n) is 2.25. The third-order valence-corrected chi connectivity index (χ3v) is 4.32. The van der Waals surface area contributed by atoms with E-state index >= 15 is 0 Å². The lowest BCUT2D eigenvalue weighted by Gasteiger charge is -2.13. The van der Waals surface area contributed by atoms with Crippen LogP contribution in [0.2, 0.25) is 10.0 Å². The van der Waals surface area contributed by atoms with Gasteiger partial charge in [0, 0.05) is 5.02 Å². The highest BCUT2D eigenvalue weighted by Gasteiger charge is 2.10. The SMILES string of the molecule is CCC(C)c1ccc(OCCOc2c(Cl)cc(Cl)cc2C=O)cc1. The van der Waals surface area contributed by atoms with E-state index in [0.29, 0.717) is 40.2 Å². The second kappa shape index (κ2) is 8.95. The fourth-order valence-corrected chi connectivity index (χ4v) is 2.82. The van der Waals surface area contributed by atoms with E-state index in [1.54, 1.807) is 6.07 Å². The molecule has 1 atom stereocenters. The molecule has 0 aliphatic heterocycles. The van der Waals surface area contributed by atoms with Crippen molar-refractivity contribution in [3.8, 4) is 11.5 Å². The maximum absolute atomic E-state index is 11.1. The van der Waals surface area contributed by atoms with Crippen molar-refractivity contribution in [2.24, 2.45) is 0 Å². The van der Waals surface area contributed by atoms with E-state index in [-0.39, 0.29) is 6.61 Å². The van der Waals surface area contributed by atoms with Crippen LogP contribution < -0.4 is 9.47 Å². The Kier molecular flexibility index (Phi) is 6.95. The molecule has 0 aliphatic rings. The summed E-state index contributed by atoms with van der Waals surface area (Å²) in [5.41, 5.74) is 1.62. The highest BCUT2D eigenvalue weighted by molar-refractivity contribution is 6.36. The topological polar surface area (TPSA) is 35.5 Å². The average Bonchev–Trinajstić information content (AvgIpc) is 2.59. The van der Waals surface area contributed by atoms with E-state index in [2.05, 4.69) is 26.0 Å². The Labute approximate surface area is 152 Å². The van der Waals surface area contributed by atoms with Crippen LogP contribution in [0.4, 0.5) is 0 Å². The predicted molar refractivity (Wildman–Crippen MR) is 98.0 cm³/mol. The van der Waals surface area contributed by atoms with Gasteiger partial charge in [-0.2, -0.15) is 0 Å². The first kappa shape index (κ1) is 18.6. The van der Waals surface area contributed by atoms with E-state index in [1.165, 1.54) is 11.6 Å². The van der Waals surface area contributed by atoms with E-state index in [4.69, 9.17) is 32.7 Å². The second-order valence-corrected chi connectivity index (χ2v) is 6.34. The first-order valence-electron chi connectivity index (χ1n) is 7.85. The Morgan fingerprint density at radius 2 is 1.75 bits per heavy atom. The largest absolute Gasteiger partial charge is 0.490 e. The van der Waals surface area contributed by atoms with E-state index < -0.39 is 0 Å². The van der Waals surface area contributed by atoms with Crippen LogP contribution in [0.25, 0.3) is 0 Å². The van der Waals surface area contributed by atoms with Crippen LogP contribution in [0, 0.1) is 0 Å². The third kappa shape index (κ3) is 4.89. The van der Waals surface area contributed by atoms with Gasteiger partial charge in [-0.15, -0.1) is 0 Å². The van der Waals surface area contributed by atoms with Gasteiger partial charge in [-0.25, -0.2) is 0 Å². The molecule has 0 fully saturated rings. The van der Waals surface area contributed by atoms with Crippen LogP contribution in [0.15, 0.2) is 36.4 Å². The summed E-state index contributed by atoms with van der Waals surface area (Å²) in [7, 11) is 0. The van der Waals surface area contributed by atoms with Gasteiger partial charge in [0.1, 0.15) is 24.7 Å². The van der Waals surface area contributed by atoms with Crippen molar-refractivity contribution in [3.05, 3.63) is 57.6 Å². The Morgan fingerprint density at radius 1 is 1.08 bits per heavy atom. The molecule has 0 radical (unpaired) electrons. The monoisotopic (exact) mass is 366 g/mol. The number of aldehydes is 1. The summed E-state index contributed by atoms with van der Waals surface area (Å²) in [5.74, 6) is 1.64. The molecule has 0 aliphatic carbocycles. The van der Waals surface area contributed by atoms with Gasteiger partial charge in [-0.05, 0) is 42.2 Å². The van der Waals surface area contributed by atoms with Crippen molar-refractivity contribution in [1.29, 1.82) is 0 Å². The number of rotatable bonds is 8. The molecule has 1 unspecified atom stereocenters. The van der Waals surface area contributed by atoms with Crippen LogP contribution in [-0.2, 0) is 0 Å². The predicted octanol–water partition coefficient (Wildman–Crippen LogP) is 5.78. The summed E-state index contributed by atoms with van der Waals surface area (Å²) in [6.45, 7) is 4.99. The minimum atomic E-state index is 0.273. The first-order valence-corrected chi connectivity index (χ1v) is 8.60. The Morgan fingerprint density at radius 3 is 2.38 bits per heavy atom. The standard InChI is InChI=1S/C19H20Cl2O3/c1-3-13(2)14-4-6-17(7-5-14)23-8-9-24-19-15(12-22)10-16(20)11-18(19)21/h4-7,10-13H,3,8-9H2,1-2H3. The number of carbonyl (C=O) groups excluding carboxylic acids is 1. The fraction of sp³-hybridized carbons (Fsp3) is 0.316. The molecule has 0 bridgehead atoms. The van der Waals surface area contributed by atoms with Crippen LogP contribution in [0.1, 0.15) is 42.1 Å². The molecule has 0 amide bonds. The molecule has 2 rings (SSSR count). The first-order chi connectivity index (χ1) is 11.5. The van der Waals surface area contributed by atoms with E-state index in [0.717, 1.165) is 12.2 Å². The van der Waals surface area contributed by atoms with Crippen LogP contribution in [-0.4, -0.2) is 19.5 Å². The number of hydrogen-bond acceptors (Lipinski definition) is 3. The number of hydrogen-bond donors (Lipinski definition) is 0. The molecule has 0 N–H and O–H groups in total. The summed E-state index contributed by atoms with van der Waals surface area (Å²) in [5, 5.41) is 0.703. The molecule has 2 aromatic rings. The minimum absolute atomic E-state index is 0.273. The molecule has 5 heteroatoms. The van der Waals surface area contributed by atoms with Crippen molar-refractivity contribution in [3.63, 3.8) is 0 Å². The zero-order chi connectivity index (χ0) is 17.5. The van der Waals surface area contributed by atoms with Gasteiger partial charge < -0.3 is 9.47 Å². The van der Waals surface area contributed by atoms with Crippen molar-refractivity contribution >= 4 is 29.5 Å². The van der Waals surface area contributed by atoms with Crippen molar-refractivity contribution in [2.75, 3.05) is 13.2 Å². The number of ether oxygens (including phenoxy) is 2. The molecule has 128 valence electrons. The molecule has 2 aromatic carbocycles. The average molecular weight is 367 g/mol. The zero-order valence-electron chi connectivity index (χ0n) is 13.7. The summed E-state index contributed by atoms with van der Waals surface area (Å²) in [6.07, 6.45) is 1.77. The zero-order valence-corrected chi connectivity index (χ0v) is 15.2. The van der Waals surface area contributed by atoms with Gasteiger partial charge in [0.05, 0.1) is 10.6 Å². The lowest BCUT2D eigenvalue weighted by molar-refractivity contribution is 0.111. The van der Waals surface area contributed by atoms with E-state index in [1.807, 2.05) is 12.1 Å². The molecule has 0 heterocycles. The molecular weight excluding hydrogens is 347 g/mol. The van der Waals surface area contributed by atoms with Gasteiger partial charge >= 0.3 is 0 Å². The number of halogens is 2. The smallest absolute Gasteiger partial charge is 0.153 e. The van der Waals surface area contributed by atoms with Crippen LogP contribution in [0.3, 0.4) is 0 Å². The molecule has 0 aromatic heterocycles. The second-order valence-electron chi connectivity index (χ2n) is 5.50. The highest BCUT2D eigenvalue weighted by atomic mass is 35.5. The van der Waals surface area contributed by atoms with Gasteiger partial charge in [-0.1, -0.05) is 49.2 Å². The van der Waals surface area contributed by atoms with Crippen molar-refractivity contribution in [2.45, 2.75) is 26.2 Å². The Hall–Kier alpha value is -1.71. The van der Waals surface area contributed by atoms with Gasteiger partial charge in [0.2, 0.25) is 0 Å². The van der Waals surface area contributed by atoms with E-state index in [9.17, 15) is 4.79 Å².